The van der Waals surface area contributed by atoms with Gasteiger partial charge in [-0.1, -0.05) is 10.6 Å². The zero-order valence-corrected chi connectivity index (χ0v) is 14.3. The van der Waals surface area contributed by atoms with E-state index in [9.17, 15) is 14.7 Å². The average Bonchev–Trinajstić information content (AvgIpc) is 3.13. The minimum atomic E-state index is -0.383. The lowest BCUT2D eigenvalue weighted by atomic mass is 10.1. The molecule has 7 nitrogen and oxygen atoms in total. The summed E-state index contributed by atoms with van der Waals surface area (Å²) < 4.78 is 3.87. The Balaban J connectivity index is 1.68. The van der Waals surface area contributed by atoms with Crippen molar-refractivity contribution in [1.82, 2.24) is 14.5 Å². The van der Waals surface area contributed by atoms with Crippen molar-refractivity contribution in [3.63, 3.8) is 0 Å². The van der Waals surface area contributed by atoms with Crippen molar-refractivity contribution >= 4 is 29.0 Å². The van der Waals surface area contributed by atoms with Crippen LogP contribution in [0.4, 0.5) is 5.69 Å². The maximum Gasteiger partial charge on any atom is 0.228 e. The molecular weight excluding hydrogens is 328 g/mol. The number of hydrogen-bond acceptors (Lipinski definition) is 6. The van der Waals surface area contributed by atoms with Crippen LogP contribution >= 0.6 is 11.5 Å². The van der Waals surface area contributed by atoms with Gasteiger partial charge in [0.05, 0.1) is 23.0 Å². The normalized spacial score (nSPS) is 17.3. The van der Waals surface area contributed by atoms with Crippen molar-refractivity contribution in [2.75, 3.05) is 18.5 Å². The highest BCUT2D eigenvalue weighted by atomic mass is 32.1. The van der Waals surface area contributed by atoms with Gasteiger partial charge in [0, 0.05) is 31.8 Å². The van der Waals surface area contributed by atoms with Crippen molar-refractivity contribution in [1.29, 1.82) is 0 Å². The Labute approximate surface area is 143 Å². The van der Waals surface area contributed by atoms with E-state index in [0.717, 1.165) is 10.6 Å². The summed E-state index contributed by atoms with van der Waals surface area (Å²) in [5, 5.41) is 13.5. The first kappa shape index (κ1) is 16.4. The molecule has 1 atom stereocenters. The number of hydrogen-bond donors (Lipinski definition) is 1. The van der Waals surface area contributed by atoms with Gasteiger partial charge in [0.15, 0.2) is 0 Å². The second-order valence-electron chi connectivity index (χ2n) is 5.90. The number of aromatic nitrogens is 2. The summed E-state index contributed by atoms with van der Waals surface area (Å²) in [5.74, 6) is -0.465. The van der Waals surface area contributed by atoms with Crippen molar-refractivity contribution in [3.05, 3.63) is 34.8 Å². The Morgan fingerprint density at radius 3 is 2.96 bits per heavy atom. The lowest BCUT2D eigenvalue weighted by molar-refractivity contribution is -0.135. The Hall–Kier alpha value is -2.48. The number of anilines is 1. The average molecular weight is 346 g/mol. The zero-order chi connectivity index (χ0) is 17.3. The van der Waals surface area contributed by atoms with Crippen LogP contribution in [-0.4, -0.2) is 45.0 Å². The highest BCUT2D eigenvalue weighted by Gasteiger charge is 2.36. The van der Waals surface area contributed by atoms with E-state index in [-0.39, 0.29) is 29.9 Å². The minimum Gasteiger partial charge on any atom is -0.508 e. The fourth-order valence-corrected chi connectivity index (χ4v) is 3.47. The molecule has 2 aromatic rings. The van der Waals surface area contributed by atoms with Crippen LogP contribution in [0, 0.1) is 12.8 Å². The van der Waals surface area contributed by atoms with Gasteiger partial charge in [-0.3, -0.25) is 9.59 Å². The quantitative estimate of drug-likeness (QED) is 0.908. The maximum atomic E-state index is 12.6. The minimum absolute atomic E-state index is 0.0706. The number of phenolic OH excluding ortho intramolecular Hbond substituents is 1. The largest absolute Gasteiger partial charge is 0.508 e. The predicted molar refractivity (Wildman–Crippen MR) is 89.7 cm³/mol. The van der Waals surface area contributed by atoms with Crippen LogP contribution in [-0.2, 0) is 16.1 Å². The third-order valence-corrected chi connectivity index (χ3v) is 4.93. The third-order valence-electron chi connectivity index (χ3n) is 4.12. The van der Waals surface area contributed by atoms with Crippen molar-refractivity contribution < 1.29 is 14.7 Å². The van der Waals surface area contributed by atoms with Crippen LogP contribution in [0.2, 0.25) is 0 Å². The van der Waals surface area contributed by atoms with Gasteiger partial charge in [0.2, 0.25) is 11.8 Å². The summed E-state index contributed by atoms with van der Waals surface area (Å²) >= 11 is 1.28. The van der Waals surface area contributed by atoms with Crippen LogP contribution in [0.15, 0.2) is 24.3 Å². The van der Waals surface area contributed by atoms with E-state index in [1.54, 1.807) is 35.0 Å². The lowest BCUT2D eigenvalue weighted by Gasteiger charge is -2.21. The van der Waals surface area contributed by atoms with Gasteiger partial charge >= 0.3 is 0 Å². The van der Waals surface area contributed by atoms with Crippen LogP contribution in [0.1, 0.15) is 17.0 Å². The van der Waals surface area contributed by atoms with E-state index in [1.165, 1.54) is 17.6 Å². The molecular formula is C16H18N4O3S. The SMILES string of the molecule is Cc1nnsc1CN(C)C(=O)[C@H]1CC(=O)N(c2cccc(O)c2)C1. The second kappa shape index (κ2) is 6.56. The summed E-state index contributed by atoms with van der Waals surface area (Å²) in [6.45, 7) is 2.63. The first-order valence-corrected chi connectivity index (χ1v) is 8.35. The molecule has 1 aliphatic rings. The van der Waals surface area contributed by atoms with Crippen molar-refractivity contribution in [2.24, 2.45) is 5.92 Å². The molecule has 0 spiro atoms. The van der Waals surface area contributed by atoms with E-state index in [4.69, 9.17) is 0 Å². The smallest absolute Gasteiger partial charge is 0.228 e. The predicted octanol–water partition coefficient (Wildman–Crippen LogP) is 1.56. The van der Waals surface area contributed by atoms with Crippen molar-refractivity contribution in [3.8, 4) is 5.75 Å². The number of carbonyl (C=O) groups excluding carboxylic acids is 2. The van der Waals surface area contributed by atoms with Gasteiger partial charge in [0.1, 0.15) is 5.75 Å². The Kier molecular flexibility index (Phi) is 4.48. The van der Waals surface area contributed by atoms with Gasteiger partial charge in [-0.25, -0.2) is 0 Å². The monoisotopic (exact) mass is 346 g/mol. The number of aromatic hydroxyl groups is 1. The molecule has 1 N–H and O–H groups in total. The van der Waals surface area contributed by atoms with E-state index < -0.39 is 0 Å². The summed E-state index contributed by atoms with van der Waals surface area (Å²) in [6.07, 6.45) is 0.179. The first-order valence-electron chi connectivity index (χ1n) is 7.58. The van der Waals surface area contributed by atoms with E-state index in [1.807, 2.05) is 6.92 Å². The highest BCUT2D eigenvalue weighted by molar-refractivity contribution is 7.05. The molecule has 0 saturated carbocycles. The molecule has 2 amide bonds. The molecule has 1 aromatic heterocycles. The number of aryl methyl sites for hydroxylation is 1. The molecule has 24 heavy (non-hydrogen) atoms. The molecule has 1 fully saturated rings. The molecule has 0 radical (unpaired) electrons. The fourth-order valence-electron chi connectivity index (χ4n) is 2.78. The molecule has 1 aromatic carbocycles. The molecule has 2 heterocycles. The lowest BCUT2D eigenvalue weighted by Crippen LogP contribution is -2.34. The molecule has 3 rings (SSSR count). The summed E-state index contributed by atoms with van der Waals surface area (Å²) in [5.41, 5.74) is 1.43. The Morgan fingerprint density at radius 2 is 2.29 bits per heavy atom. The van der Waals surface area contributed by atoms with E-state index >= 15 is 0 Å². The van der Waals surface area contributed by atoms with Crippen LogP contribution < -0.4 is 4.90 Å². The molecule has 0 unspecified atom stereocenters. The van der Waals surface area contributed by atoms with Crippen molar-refractivity contribution in [2.45, 2.75) is 19.9 Å². The molecule has 126 valence electrons. The second-order valence-corrected chi connectivity index (χ2v) is 6.74. The summed E-state index contributed by atoms with van der Waals surface area (Å²) in [4.78, 5) is 29.0. The number of phenols is 1. The van der Waals surface area contributed by atoms with Crippen LogP contribution in [0.3, 0.4) is 0 Å². The number of rotatable bonds is 4. The van der Waals surface area contributed by atoms with Gasteiger partial charge < -0.3 is 14.9 Å². The third kappa shape index (κ3) is 3.23. The van der Waals surface area contributed by atoms with Gasteiger partial charge in [-0.15, -0.1) is 5.10 Å². The number of carbonyl (C=O) groups is 2. The maximum absolute atomic E-state index is 12.6. The number of benzene rings is 1. The fraction of sp³-hybridized carbons (Fsp3) is 0.375. The zero-order valence-electron chi connectivity index (χ0n) is 13.5. The highest BCUT2D eigenvalue weighted by Crippen LogP contribution is 2.28. The van der Waals surface area contributed by atoms with Crippen LogP contribution in [0.5, 0.6) is 5.75 Å². The Bertz CT molecular complexity index is 776. The number of nitrogens with zero attached hydrogens (tertiary/aromatic N) is 4. The van der Waals surface area contributed by atoms with Gasteiger partial charge in [-0.2, -0.15) is 0 Å². The molecule has 0 aliphatic carbocycles. The van der Waals surface area contributed by atoms with Gasteiger partial charge in [-0.05, 0) is 30.6 Å². The molecule has 1 saturated heterocycles. The van der Waals surface area contributed by atoms with Gasteiger partial charge in [0.25, 0.3) is 0 Å². The molecule has 8 heteroatoms. The summed E-state index contributed by atoms with van der Waals surface area (Å²) in [6, 6.07) is 6.51. The van der Waals surface area contributed by atoms with E-state index in [0.29, 0.717) is 18.8 Å². The topological polar surface area (TPSA) is 86.6 Å². The first-order chi connectivity index (χ1) is 11.5. The number of amides is 2. The summed E-state index contributed by atoms with van der Waals surface area (Å²) in [7, 11) is 1.73. The van der Waals surface area contributed by atoms with E-state index in [2.05, 4.69) is 9.59 Å². The molecule has 0 bridgehead atoms. The molecule has 1 aliphatic heterocycles. The van der Waals surface area contributed by atoms with Crippen LogP contribution in [0.25, 0.3) is 0 Å². The Morgan fingerprint density at radius 1 is 1.50 bits per heavy atom. The standard InChI is InChI=1S/C16H18N4O3S/c1-10-14(24-18-17-10)9-19(2)16(23)11-6-15(22)20(8-11)12-4-3-5-13(21)7-12/h3-5,7,11,21H,6,8-9H2,1-2H3/t11-/m0/s1.